The number of likely N-dealkylation sites (N-methyl/N-ethyl adjacent to an activating group) is 1. The fraction of sp³-hybridized carbons (Fsp3) is 0.500. The summed E-state index contributed by atoms with van der Waals surface area (Å²) in [7, 11) is 0. The fourth-order valence-electron chi connectivity index (χ4n) is 1.60. The Balaban J connectivity index is 3.05. The number of hydrogen-bond acceptors (Lipinski definition) is 2. The summed E-state index contributed by atoms with van der Waals surface area (Å²) in [6, 6.07) is 2.80. The van der Waals surface area contributed by atoms with E-state index < -0.39 is 17.2 Å². The second-order valence-corrected chi connectivity index (χ2v) is 4.09. The average Bonchev–Trinajstić information content (AvgIpc) is 2.16. The van der Waals surface area contributed by atoms with Crippen molar-refractivity contribution in [3.05, 3.63) is 35.4 Å². The Morgan fingerprint density at radius 1 is 1.31 bits per heavy atom. The Morgan fingerprint density at radius 2 is 1.81 bits per heavy atom. The summed E-state index contributed by atoms with van der Waals surface area (Å²) in [4.78, 5) is 0. The van der Waals surface area contributed by atoms with Gasteiger partial charge in [-0.3, -0.25) is 0 Å². The number of aliphatic hydroxyl groups is 1. The van der Waals surface area contributed by atoms with Crippen molar-refractivity contribution in [1.29, 1.82) is 0 Å². The van der Waals surface area contributed by atoms with Gasteiger partial charge in [0.1, 0.15) is 17.2 Å². The minimum Gasteiger partial charge on any atom is -0.384 e. The molecule has 0 saturated carbocycles. The largest absolute Gasteiger partial charge is 0.384 e. The van der Waals surface area contributed by atoms with Crippen molar-refractivity contribution in [3.8, 4) is 0 Å². The molecule has 2 N–H and O–H groups in total. The second-order valence-electron chi connectivity index (χ2n) is 4.09. The van der Waals surface area contributed by atoms with Crippen molar-refractivity contribution in [2.75, 3.05) is 6.54 Å². The Bertz CT molecular complexity index is 346. The quantitative estimate of drug-likeness (QED) is 0.829. The Kier molecular flexibility index (Phi) is 3.99. The Morgan fingerprint density at radius 3 is 2.25 bits per heavy atom. The number of nitrogens with one attached hydrogen (secondary N) is 1. The standard InChI is InChI=1S/C12H17F2NO/c1-4-15-8(2)12(3,16)9-5-10(13)7-11(14)6-9/h5-8,15-16H,4H2,1-3H3. The molecule has 1 aromatic rings. The van der Waals surface area contributed by atoms with Crippen LogP contribution in [0.2, 0.25) is 0 Å². The van der Waals surface area contributed by atoms with Gasteiger partial charge in [-0.2, -0.15) is 0 Å². The van der Waals surface area contributed by atoms with E-state index in [0.29, 0.717) is 6.54 Å². The third-order valence-corrected chi connectivity index (χ3v) is 2.80. The van der Waals surface area contributed by atoms with Crippen LogP contribution in [0.5, 0.6) is 0 Å². The van der Waals surface area contributed by atoms with Crippen molar-refractivity contribution >= 4 is 0 Å². The summed E-state index contributed by atoms with van der Waals surface area (Å²) in [6.45, 7) is 5.88. The molecule has 2 atom stereocenters. The minimum atomic E-state index is -1.31. The third-order valence-electron chi connectivity index (χ3n) is 2.80. The molecule has 0 bridgehead atoms. The van der Waals surface area contributed by atoms with Crippen molar-refractivity contribution < 1.29 is 13.9 Å². The molecule has 0 aliphatic rings. The van der Waals surface area contributed by atoms with Crippen LogP contribution in [0, 0.1) is 11.6 Å². The maximum Gasteiger partial charge on any atom is 0.126 e. The molecule has 0 aromatic heterocycles. The molecule has 0 aliphatic heterocycles. The van der Waals surface area contributed by atoms with Gasteiger partial charge < -0.3 is 10.4 Å². The molecular formula is C12H17F2NO. The van der Waals surface area contributed by atoms with Gasteiger partial charge in [-0.1, -0.05) is 6.92 Å². The highest BCUT2D eigenvalue weighted by Crippen LogP contribution is 2.25. The maximum atomic E-state index is 13.0. The lowest BCUT2D eigenvalue weighted by Gasteiger charge is -2.31. The predicted molar refractivity (Wildman–Crippen MR) is 59.1 cm³/mol. The number of halogens is 2. The van der Waals surface area contributed by atoms with Crippen LogP contribution in [0.3, 0.4) is 0 Å². The topological polar surface area (TPSA) is 32.3 Å². The summed E-state index contributed by atoms with van der Waals surface area (Å²) in [5.41, 5.74) is -1.07. The van der Waals surface area contributed by atoms with E-state index in [1.807, 2.05) is 6.92 Å². The summed E-state index contributed by atoms with van der Waals surface area (Å²) in [6.07, 6.45) is 0. The van der Waals surface area contributed by atoms with Gasteiger partial charge in [0.15, 0.2) is 0 Å². The second kappa shape index (κ2) is 4.89. The van der Waals surface area contributed by atoms with Gasteiger partial charge in [0.2, 0.25) is 0 Å². The normalized spacial score (nSPS) is 16.9. The molecule has 1 rings (SSSR count). The molecule has 0 aliphatic carbocycles. The predicted octanol–water partition coefficient (Wildman–Crippen LogP) is 2.17. The first kappa shape index (κ1) is 13.1. The molecule has 4 heteroatoms. The molecule has 0 fully saturated rings. The molecule has 0 heterocycles. The number of hydrogen-bond donors (Lipinski definition) is 2. The van der Waals surface area contributed by atoms with Crippen LogP contribution in [0.4, 0.5) is 8.78 Å². The van der Waals surface area contributed by atoms with Crippen molar-refractivity contribution in [1.82, 2.24) is 5.32 Å². The smallest absolute Gasteiger partial charge is 0.126 e. The fourth-order valence-corrected chi connectivity index (χ4v) is 1.60. The maximum absolute atomic E-state index is 13.0. The lowest BCUT2D eigenvalue weighted by molar-refractivity contribution is 0.0215. The molecule has 0 amide bonds. The van der Waals surface area contributed by atoms with E-state index in [1.54, 1.807) is 6.92 Å². The molecule has 1 aromatic carbocycles. The Hall–Kier alpha value is -1.00. The highest BCUT2D eigenvalue weighted by atomic mass is 19.1. The lowest BCUT2D eigenvalue weighted by atomic mass is 9.89. The van der Waals surface area contributed by atoms with Crippen LogP contribution < -0.4 is 5.32 Å². The number of rotatable bonds is 4. The van der Waals surface area contributed by atoms with E-state index in [-0.39, 0.29) is 11.6 Å². The van der Waals surface area contributed by atoms with Crippen LogP contribution >= 0.6 is 0 Å². The molecule has 2 unspecified atom stereocenters. The van der Waals surface area contributed by atoms with Gasteiger partial charge in [0, 0.05) is 12.1 Å². The molecule has 0 radical (unpaired) electrons. The van der Waals surface area contributed by atoms with Crippen LogP contribution in [0.25, 0.3) is 0 Å². The highest BCUT2D eigenvalue weighted by molar-refractivity contribution is 5.25. The van der Waals surface area contributed by atoms with E-state index in [4.69, 9.17) is 0 Å². The van der Waals surface area contributed by atoms with Gasteiger partial charge in [-0.25, -0.2) is 8.78 Å². The van der Waals surface area contributed by atoms with Crippen molar-refractivity contribution in [2.24, 2.45) is 0 Å². The zero-order chi connectivity index (χ0) is 12.3. The van der Waals surface area contributed by atoms with Crippen molar-refractivity contribution in [2.45, 2.75) is 32.4 Å². The van der Waals surface area contributed by atoms with Gasteiger partial charge in [0.05, 0.1) is 0 Å². The highest BCUT2D eigenvalue weighted by Gasteiger charge is 2.30. The van der Waals surface area contributed by atoms with E-state index in [2.05, 4.69) is 5.32 Å². The van der Waals surface area contributed by atoms with Crippen LogP contribution in [0.15, 0.2) is 18.2 Å². The summed E-state index contributed by atoms with van der Waals surface area (Å²) in [5.74, 6) is -1.36. The third kappa shape index (κ3) is 2.77. The van der Waals surface area contributed by atoms with E-state index in [0.717, 1.165) is 18.2 Å². The molecule has 2 nitrogen and oxygen atoms in total. The zero-order valence-corrected chi connectivity index (χ0v) is 9.72. The van der Waals surface area contributed by atoms with E-state index >= 15 is 0 Å². The van der Waals surface area contributed by atoms with Crippen molar-refractivity contribution in [3.63, 3.8) is 0 Å². The van der Waals surface area contributed by atoms with Gasteiger partial charge >= 0.3 is 0 Å². The average molecular weight is 229 g/mol. The van der Waals surface area contributed by atoms with E-state index in [9.17, 15) is 13.9 Å². The molecular weight excluding hydrogens is 212 g/mol. The molecule has 16 heavy (non-hydrogen) atoms. The monoisotopic (exact) mass is 229 g/mol. The molecule has 0 saturated heterocycles. The minimum absolute atomic E-state index is 0.235. The Labute approximate surface area is 94.3 Å². The first-order chi connectivity index (χ1) is 7.37. The molecule has 90 valence electrons. The summed E-state index contributed by atoms with van der Waals surface area (Å²) < 4.78 is 26.1. The number of benzene rings is 1. The van der Waals surface area contributed by atoms with Gasteiger partial charge in [-0.05, 0) is 38.1 Å². The molecule has 0 spiro atoms. The zero-order valence-electron chi connectivity index (χ0n) is 9.72. The van der Waals surface area contributed by atoms with E-state index in [1.165, 1.54) is 6.92 Å². The SMILES string of the molecule is CCNC(C)C(C)(O)c1cc(F)cc(F)c1. The first-order valence-corrected chi connectivity index (χ1v) is 5.30. The lowest BCUT2D eigenvalue weighted by Crippen LogP contribution is -2.44. The van der Waals surface area contributed by atoms with Gasteiger partial charge in [0.25, 0.3) is 0 Å². The summed E-state index contributed by atoms with van der Waals surface area (Å²) in [5, 5.41) is 13.3. The first-order valence-electron chi connectivity index (χ1n) is 5.30. The van der Waals surface area contributed by atoms with Crippen LogP contribution in [-0.4, -0.2) is 17.7 Å². The van der Waals surface area contributed by atoms with Crippen LogP contribution in [0.1, 0.15) is 26.3 Å². The van der Waals surface area contributed by atoms with Gasteiger partial charge in [-0.15, -0.1) is 0 Å². The van der Waals surface area contributed by atoms with Crippen LogP contribution in [-0.2, 0) is 5.60 Å². The summed E-state index contributed by atoms with van der Waals surface area (Å²) >= 11 is 0.